The maximum Gasteiger partial charge on any atom is 0.192 e. The molecule has 0 unspecified atom stereocenters. The third-order valence-corrected chi connectivity index (χ3v) is 10.6. The Kier molecular flexibility index (Phi) is 3.51. The van der Waals surface area contributed by atoms with Crippen LogP contribution in [0.4, 0.5) is 0 Å². The minimum Gasteiger partial charge on any atom is -0.411 e. The van der Waals surface area contributed by atoms with E-state index in [1.165, 1.54) is 0 Å². The molecule has 3 atom stereocenters. The zero-order valence-corrected chi connectivity index (χ0v) is 16.0. The molecule has 0 radical (unpaired) electrons. The highest BCUT2D eigenvalue weighted by molar-refractivity contribution is 6.74. The Morgan fingerprint density at radius 2 is 1.77 bits per heavy atom. The van der Waals surface area contributed by atoms with Gasteiger partial charge in [-0.25, -0.2) is 0 Å². The SMILES string of the molecule is CC1(C)O[C@H]2[C@@H](O[Si](C)(C)C(C)(C)C)CC3(CC(=O)C3)[C@H]2O1. The summed E-state index contributed by atoms with van der Waals surface area (Å²) in [5.74, 6) is -0.226. The predicted molar refractivity (Wildman–Crippen MR) is 87.2 cm³/mol. The zero-order valence-electron chi connectivity index (χ0n) is 15.0. The van der Waals surface area contributed by atoms with Crippen LogP contribution in [0.3, 0.4) is 0 Å². The van der Waals surface area contributed by atoms with E-state index in [0.717, 1.165) is 6.42 Å². The van der Waals surface area contributed by atoms with Crippen LogP contribution in [-0.4, -0.2) is 38.2 Å². The van der Waals surface area contributed by atoms with Crippen LogP contribution in [0.15, 0.2) is 0 Å². The lowest BCUT2D eigenvalue weighted by molar-refractivity contribution is -0.183. The molecule has 0 aromatic carbocycles. The molecule has 1 spiro atoms. The largest absolute Gasteiger partial charge is 0.411 e. The summed E-state index contributed by atoms with van der Waals surface area (Å²) in [6.45, 7) is 15.2. The van der Waals surface area contributed by atoms with E-state index in [4.69, 9.17) is 13.9 Å². The first-order chi connectivity index (χ1) is 9.85. The van der Waals surface area contributed by atoms with Gasteiger partial charge < -0.3 is 13.9 Å². The highest BCUT2D eigenvalue weighted by Crippen LogP contribution is 2.58. The molecule has 1 saturated heterocycles. The molecule has 0 N–H and O–H groups in total. The van der Waals surface area contributed by atoms with Crippen LogP contribution in [0.1, 0.15) is 53.9 Å². The smallest absolute Gasteiger partial charge is 0.192 e. The molecule has 3 fully saturated rings. The van der Waals surface area contributed by atoms with Crippen molar-refractivity contribution in [2.75, 3.05) is 0 Å². The van der Waals surface area contributed by atoms with Crippen molar-refractivity contribution in [3.63, 3.8) is 0 Å². The van der Waals surface area contributed by atoms with E-state index in [1.807, 2.05) is 13.8 Å². The van der Waals surface area contributed by atoms with Gasteiger partial charge in [0.25, 0.3) is 0 Å². The van der Waals surface area contributed by atoms with Crippen LogP contribution < -0.4 is 0 Å². The molecule has 3 rings (SSSR count). The molecule has 0 bridgehead atoms. The first kappa shape index (κ1) is 16.6. The van der Waals surface area contributed by atoms with Gasteiger partial charge in [-0.05, 0) is 38.4 Å². The zero-order chi connectivity index (χ0) is 16.6. The summed E-state index contributed by atoms with van der Waals surface area (Å²) in [5.41, 5.74) is -0.0391. The molecular weight excluding hydrogens is 296 g/mol. The number of rotatable bonds is 2. The molecule has 22 heavy (non-hydrogen) atoms. The summed E-state index contributed by atoms with van der Waals surface area (Å²) >= 11 is 0. The summed E-state index contributed by atoms with van der Waals surface area (Å²) in [5, 5.41) is 0.169. The van der Waals surface area contributed by atoms with Crippen LogP contribution in [0.2, 0.25) is 18.1 Å². The van der Waals surface area contributed by atoms with E-state index in [2.05, 4.69) is 33.9 Å². The summed E-state index contributed by atoms with van der Waals surface area (Å²) < 4.78 is 19.0. The third-order valence-electron chi connectivity index (χ3n) is 6.06. The summed E-state index contributed by atoms with van der Waals surface area (Å²) in [7, 11) is -1.86. The van der Waals surface area contributed by atoms with Gasteiger partial charge in [-0.15, -0.1) is 0 Å². The van der Waals surface area contributed by atoms with Crippen LogP contribution in [0.25, 0.3) is 0 Å². The molecule has 0 aromatic heterocycles. The number of hydrogen-bond acceptors (Lipinski definition) is 4. The second-order valence-electron chi connectivity index (χ2n) is 9.40. The first-order valence-corrected chi connectivity index (χ1v) is 11.3. The average Bonchev–Trinajstić information content (AvgIpc) is 2.71. The fourth-order valence-electron chi connectivity index (χ4n) is 3.91. The fraction of sp³-hybridized carbons (Fsp3) is 0.941. The molecule has 2 aliphatic carbocycles. The minimum absolute atomic E-state index is 0.00923. The normalized spacial score (nSPS) is 36.5. The van der Waals surface area contributed by atoms with Crippen molar-refractivity contribution in [3.8, 4) is 0 Å². The number of carbonyl (C=O) groups is 1. The molecule has 1 heterocycles. The van der Waals surface area contributed by atoms with Gasteiger partial charge in [0.05, 0.1) is 12.2 Å². The van der Waals surface area contributed by atoms with E-state index in [1.54, 1.807) is 0 Å². The Morgan fingerprint density at radius 1 is 1.18 bits per heavy atom. The topological polar surface area (TPSA) is 44.8 Å². The Hall–Kier alpha value is -0.233. The van der Waals surface area contributed by atoms with Crippen molar-refractivity contribution >= 4 is 14.1 Å². The summed E-state index contributed by atoms with van der Waals surface area (Å²) in [6.07, 6.45) is 2.19. The molecule has 3 aliphatic rings. The van der Waals surface area contributed by atoms with E-state index in [-0.39, 0.29) is 28.8 Å². The summed E-state index contributed by atoms with van der Waals surface area (Å²) in [4.78, 5) is 11.6. The molecule has 1 aliphatic heterocycles. The van der Waals surface area contributed by atoms with Crippen LogP contribution in [0.5, 0.6) is 0 Å². The van der Waals surface area contributed by atoms with Gasteiger partial charge in [0.2, 0.25) is 0 Å². The number of fused-ring (bicyclic) bond motifs is 2. The Balaban J connectivity index is 1.83. The van der Waals surface area contributed by atoms with Gasteiger partial charge in [-0.2, -0.15) is 0 Å². The lowest BCUT2D eigenvalue weighted by Gasteiger charge is -2.42. The Morgan fingerprint density at radius 3 is 2.27 bits per heavy atom. The monoisotopic (exact) mass is 326 g/mol. The average molecular weight is 327 g/mol. The molecule has 5 heteroatoms. The van der Waals surface area contributed by atoms with E-state index >= 15 is 0 Å². The molecule has 2 saturated carbocycles. The van der Waals surface area contributed by atoms with Crippen molar-refractivity contribution < 1.29 is 18.7 Å². The molecule has 126 valence electrons. The number of ketones is 1. The maximum absolute atomic E-state index is 11.6. The maximum atomic E-state index is 11.6. The second-order valence-corrected chi connectivity index (χ2v) is 14.2. The van der Waals surface area contributed by atoms with Crippen molar-refractivity contribution in [2.45, 2.75) is 96.1 Å². The fourth-order valence-corrected chi connectivity index (χ4v) is 5.24. The molecule has 4 nitrogen and oxygen atoms in total. The van der Waals surface area contributed by atoms with Crippen LogP contribution in [-0.2, 0) is 18.7 Å². The Bertz CT molecular complexity index is 483. The van der Waals surface area contributed by atoms with Crippen molar-refractivity contribution in [2.24, 2.45) is 5.41 Å². The quantitative estimate of drug-likeness (QED) is 0.727. The highest BCUT2D eigenvalue weighted by Gasteiger charge is 2.66. The Labute approximate surface area is 135 Å². The van der Waals surface area contributed by atoms with Crippen molar-refractivity contribution in [1.82, 2.24) is 0 Å². The minimum atomic E-state index is -1.86. The van der Waals surface area contributed by atoms with Crippen molar-refractivity contribution in [3.05, 3.63) is 0 Å². The van der Waals surface area contributed by atoms with Crippen LogP contribution >= 0.6 is 0 Å². The predicted octanol–water partition coefficient (Wildman–Crippen LogP) is 3.65. The first-order valence-electron chi connectivity index (χ1n) is 8.40. The lowest BCUT2D eigenvalue weighted by atomic mass is 9.65. The van der Waals surface area contributed by atoms with E-state index in [9.17, 15) is 4.79 Å². The van der Waals surface area contributed by atoms with Crippen LogP contribution in [0, 0.1) is 5.41 Å². The number of Topliss-reactive ketones (excluding diaryl/α,β-unsaturated/α-hetero) is 1. The third kappa shape index (κ3) is 2.50. The lowest BCUT2D eigenvalue weighted by Crippen LogP contribution is -2.46. The number of carbonyl (C=O) groups excluding carboxylic acids is 1. The van der Waals surface area contributed by atoms with Gasteiger partial charge in [0.15, 0.2) is 14.1 Å². The van der Waals surface area contributed by atoms with E-state index < -0.39 is 14.1 Å². The highest BCUT2D eigenvalue weighted by atomic mass is 28.4. The molecule has 0 amide bonds. The van der Waals surface area contributed by atoms with Gasteiger partial charge in [0, 0.05) is 18.3 Å². The van der Waals surface area contributed by atoms with Crippen molar-refractivity contribution in [1.29, 1.82) is 0 Å². The van der Waals surface area contributed by atoms with Gasteiger partial charge in [-0.1, -0.05) is 20.8 Å². The van der Waals surface area contributed by atoms with Gasteiger partial charge >= 0.3 is 0 Å². The standard InChI is InChI=1S/C17H30O4Si/c1-15(2,3)22(6,7)21-12-10-17(8-11(18)9-17)14-13(12)19-16(4,5)20-14/h12-14H,8-10H2,1-7H3/t12-,13-,14-/m0/s1. The number of ether oxygens (including phenoxy) is 2. The molecular formula is C17H30O4Si. The summed E-state index contributed by atoms with van der Waals surface area (Å²) in [6, 6.07) is 0. The number of hydrogen-bond donors (Lipinski definition) is 0. The van der Waals surface area contributed by atoms with E-state index in [0.29, 0.717) is 18.6 Å². The van der Waals surface area contributed by atoms with Gasteiger partial charge in [0.1, 0.15) is 11.9 Å². The second kappa shape index (κ2) is 4.65. The van der Waals surface area contributed by atoms with Gasteiger partial charge in [-0.3, -0.25) is 4.79 Å². The molecule has 0 aromatic rings.